The third-order valence-electron chi connectivity index (χ3n) is 7.49. The fraction of sp³-hybridized carbons (Fsp3) is 0.760. The lowest BCUT2D eigenvalue weighted by atomic mass is 9.68. The van der Waals surface area contributed by atoms with Crippen LogP contribution in [-0.2, 0) is 6.42 Å². The van der Waals surface area contributed by atoms with Gasteiger partial charge in [-0.15, -0.1) is 0 Å². The van der Waals surface area contributed by atoms with Crippen molar-refractivity contribution in [3.05, 3.63) is 29.8 Å². The summed E-state index contributed by atoms with van der Waals surface area (Å²) in [5, 5.41) is 0. The molecule has 2 saturated carbocycles. The zero-order valence-electron chi connectivity index (χ0n) is 17.1. The smallest absolute Gasteiger partial charge is 0.0314 e. The number of anilines is 1. The lowest BCUT2D eigenvalue weighted by molar-refractivity contribution is 0.140. The van der Waals surface area contributed by atoms with E-state index in [2.05, 4.69) is 19.1 Å². The standard InChI is InChI=1S/C25H41N/c1-2-3-4-5-20-8-14-23(15-9-20)24-16-10-21(11-17-24)6-7-22-12-18-25(26)19-13-22/h12-13,18-21,23-24H,2-11,14-17,26H2,1H3. The van der Waals surface area contributed by atoms with E-state index in [0.29, 0.717) is 0 Å². The molecule has 2 aliphatic carbocycles. The molecule has 1 nitrogen and oxygen atoms in total. The molecule has 0 spiro atoms. The van der Waals surface area contributed by atoms with Crippen LogP contribution in [-0.4, -0.2) is 0 Å². The van der Waals surface area contributed by atoms with E-state index in [1.807, 2.05) is 12.1 Å². The lowest BCUT2D eigenvalue weighted by Gasteiger charge is -2.38. The van der Waals surface area contributed by atoms with Gasteiger partial charge in [0.1, 0.15) is 0 Å². The Labute approximate surface area is 162 Å². The third kappa shape index (κ3) is 6.03. The summed E-state index contributed by atoms with van der Waals surface area (Å²) < 4.78 is 0. The Hall–Kier alpha value is -0.980. The van der Waals surface area contributed by atoms with Crippen LogP contribution >= 0.6 is 0 Å². The van der Waals surface area contributed by atoms with Gasteiger partial charge in [-0.1, -0.05) is 70.4 Å². The highest BCUT2D eigenvalue weighted by Gasteiger charge is 2.30. The van der Waals surface area contributed by atoms with Crippen LogP contribution in [0.1, 0.15) is 96.0 Å². The zero-order chi connectivity index (χ0) is 18.2. The summed E-state index contributed by atoms with van der Waals surface area (Å²) >= 11 is 0. The molecule has 0 heterocycles. The minimum atomic E-state index is 0.884. The van der Waals surface area contributed by atoms with Gasteiger partial charge in [0.25, 0.3) is 0 Å². The van der Waals surface area contributed by atoms with Gasteiger partial charge in [-0.25, -0.2) is 0 Å². The van der Waals surface area contributed by atoms with E-state index in [0.717, 1.165) is 29.4 Å². The number of hydrogen-bond acceptors (Lipinski definition) is 1. The molecule has 0 bridgehead atoms. The molecule has 146 valence electrons. The van der Waals surface area contributed by atoms with E-state index in [1.165, 1.54) is 95.5 Å². The van der Waals surface area contributed by atoms with Gasteiger partial charge in [-0.3, -0.25) is 0 Å². The predicted octanol–water partition coefficient (Wildman–Crippen LogP) is 7.39. The second-order valence-electron chi connectivity index (χ2n) is 9.34. The Kier molecular flexibility index (Phi) is 7.89. The first-order valence-corrected chi connectivity index (χ1v) is 11.6. The highest BCUT2D eigenvalue weighted by atomic mass is 14.5. The summed E-state index contributed by atoms with van der Waals surface area (Å²) in [6.07, 6.45) is 20.5. The average molecular weight is 356 g/mol. The van der Waals surface area contributed by atoms with E-state index in [-0.39, 0.29) is 0 Å². The first-order chi connectivity index (χ1) is 12.7. The van der Waals surface area contributed by atoms with E-state index in [4.69, 9.17) is 5.73 Å². The molecule has 1 aromatic rings. The van der Waals surface area contributed by atoms with Crippen molar-refractivity contribution in [3.63, 3.8) is 0 Å². The number of aryl methyl sites for hydroxylation is 1. The quantitative estimate of drug-likeness (QED) is 0.381. The molecule has 1 aromatic carbocycles. The number of nitrogens with two attached hydrogens (primary N) is 1. The van der Waals surface area contributed by atoms with Crippen molar-refractivity contribution in [2.75, 3.05) is 5.73 Å². The Morgan fingerprint density at radius 2 is 1.27 bits per heavy atom. The minimum Gasteiger partial charge on any atom is -0.399 e. The molecule has 0 saturated heterocycles. The summed E-state index contributed by atoms with van der Waals surface area (Å²) in [6, 6.07) is 8.51. The van der Waals surface area contributed by atoms with Gasteiger partial charge >= 0.3 is 0 Å². The van der Waals surface area contributed by atoms with Crippen LogP contribution in [0, 0.1) is 23.7 Å². The Morgan fingerprint density at radius 3 is 1.81 bits per heavy atom. The Bertz CT molecular complexity index is 489. The van der Waals surface area contributed by atoms with Crippen LogP contribution < -0.4 is 5.73 Å². The zero-order valence-corrected chi connectivity index (χ0v) is 17.1. The summed E-state index contributed by atoms with van der Waals surface area (Å²) in [4.78, 5) is 0. The van der Waals surface area contributed by atoms with Crippen molar-refractivity contribution in [1.82, 2.24) is 0 Å². The maximum atomic E-state index is 5.79. The van der Waals surface area contributed by atoms with E-state index < -0.39 is 0 Å². The predicted molar refractivity (Wildman–Crippen MR) is 114 cm³/mol. The van der Waals surface area contributed by atoms with Gasteiger partial charge in [0.15, 0.2) is 0 Å². The maximum absolute atomic E-state index is 5.79. The van der Waals surface area contributed by atoms with Crippen molar-refractivity contribution in [2.24, 2.45) is 23.7 Å². The molecule has 3 rings (SSSR count). The molecule has 0 amide bonds. The average Bonchev–Trinajstić information content (AvgIpc) is 2.69. The summed E-state index contributed by atoms with van der Waals surface area (Å²) in [5.74, 6) is 4.15. The lowest BCUT2D eigenvalue weighted by Crippen LogP contribution is -2.26. The SMILES string of the molecule is CCCCCC1CCC(C2CCC(CCc3ccc(N)cc3)CC2)CC1. The van der Waals surface area contributed by atoms with Crippen molar-refractivity contribution in [3.8, 4) is 0 Å². The topological polar surface area (TPSA) is 26.0 Å². The Morgan fingerprint density at radius 1 is 0.731 bits per heavy atom. The first kappa shape index (κ1) is 19.8. The molecule has 0 radical (unpaired) electrons. The van der Waals surface area contributed by atoms with Gasteiger partial charge in [-0.05, 0) is 79.9 Å². The van der Waals surface area contributed by atoms with Crippen LogP contribution in [0.15, 0.2) is 24.3 Å². The van der Waals surface area contributed by atoms with Crippen LogP contribution in [0.3, 0.4) is 0 Å². The second-order valence-corrected chi connectivity index (χ2v) is 9.34. The highest BCUT2D eigenvalue weighted by molar-refractivity contribution is 5.39. The fourth-order valence-corrected chi connectivity index (χ4v) is 5.63. The van der Waals surface area contributed by atoms with Gasteiger partial charge < -0.3 is 5.73 Å². The van der Waals surface area contributed by atoms with Crippen molar-refractivity contribution in [2.45, 2.75) is 96.8 Å². The van der Waals surface area contributed by atoms with E-state index >= 15 is 0 Å². The fourth-order valence-electron chi connectivity index (χ4n) is 5.63. The van der Waals surface area contributed by atoms with Crippen LogP contribution in [0.25, 0.3) is 0 Å². The number of unbranched alkanes of at least 4 members (excludes halogenated alkanes) is 2. The molecular formula is C25H41N. The second kappa shape index (κ2) is 10.4. The normalized spacial score (nSPS) is 29.6. The van der Waals surface area contributed by atoms with Gasteiger partial charge in [0.05, 0.1) is 0 Å². The number of hydrogen-bond donors (Lipinski definition) is 1. The van der Waals surface area contributed by atoms with Gasteiger partial charge in [-0.2, -0.15) is 0 Å². The molecule has 0 atom stereocenters. The summed E-state index contributed by atoms with van der Waals surface area (Å²) in [6.45, 7) is 2.32. The summed E-state index contributed by atoms with van der Waals surface area (Å²) in [7, 11) is 0. The monoisotopic (exact) mass is 355 g/mol. The largest absolute Gasteiger partial charge is 0.399 e. The first-order valence-electron chi connectivity index (χ1n) is 11.6. The van der Waals surface area contributed by atoms with Gasteiger partial charge in [0.2, 0.25) is 0 Å². The summed E-state index contributed by atoms with van der Waals surface area (Å²) in [5.41, 5.74) is 8.14. The molecule has 0 aromatic heterocycles. The maximum Gasteiger partial charge on any atom is 0.0314 e. The Balaban J connectivity index is 1.32. The number of benzene rings is 1. The van der Waals surface area contributed by atoms with Crippen molar-refractivity contribution in [1.29, 1.82) is 0 Å². The molecule has 2 N–H and O–H groups in total. The van der Waals surface area contributed by atoms with Crippen LogP contribution in [0.4, 0.5) is 5.69 Å². The molecule has 1 heteroatoms. The van der Waals surface area contributed by atoms with Gasteiger partial charge in [0, 0.05) is 5.69 Å². The van der Waals surface area contributed by atoms with Crippen molar-refractivity contribution >= 4 is 5.69 Å². The van der Waals surface area contributed by atoms with Crippen LogP contribution in [0.5, 0.6) is 0 Å². The minimum absolute atomic E-state index is 0.884. The molecule has 0 unspecified atom stereocenters. The highest BCUT2D eigenvalue weighted by Crippen LogP contribution is 2.43. The molecule has 2 aliphatic rings. The van der Waals surface area contributed by atoms with Crippen LogP contribution in [0.2, 0.25) is 0 Å². The molecule has 26 heavy (non-hydrogen) atoms. The molecule has 0 aliphatic heterocycles. The molecule has 2 fully saturated rings. The van der Waals surface area contributed by atoms with E-state index in [9.17, 15) is 0 Å². The third-order valence-corrected chi connectivity index (χ3v) is 7.49. The van der Waals surface area contributed by atoms with Crippen molar-refractivity contribution < 1.29 is 0 Å². The number of rotatable bonds is 8. The number of nitrogen functional groups attached to an aromatic ring is 1. The van der Waals surface area contributed by atoms with E-state index in [1.54, 1.807) is 0 Å². The molecular weight excluding hydrogens is 314 g/mol.